The Morgan fingerprint density at radius 3 is 2.41 bits per heavy atom. The van der Waals surface area contributed by atoms with Gasteiger partial charge in [-0.2, -0.15) is 0 Å². The molecule has 0 aliphatic carbocycles. The number of carbonyl (C=O) groups excluding carboxylic acids is 2. The van der Waals surface area contributed by atoms with Crippen molar-refractivity contribution in [3.05, 3.63) is 53.6 Å². The van der Waals surface area contributed by atoms with Crippen molar-refractivity contribution in [1.29, 1.82) is 0 Å². The van der Waals surface area contributed by atoms with Crippen LogP contribution in [0, 0.1) is 6.92 Å². The molecular weight excluding hydrogens is 402 g/mol. The lowest BCUT2D eigenvalue weighted by molar-refractivity contribution is -0.114. The number of nitrogens with one attached hydrogen (secondary N) is 2. The van der Waals surface area contributed by atoms with E-state index < -0.39 is 0 Å². The van der Waals surface area contributed by atoms with Gasteiger partial charge in [0.2, 0.25) is 5.91 Å². The highest BCUT2D eigenvalue weighted by molar-refractivity contribution is 5.99. The van der Waals surface area contributed by atoms with Crippen molar-refractivity contribution in [2.24, 2.45) is 0 Å². The summed E-state index contributed by atoms with van der Waals surface area (Å²) in [7, 11) is 3.56. The number of para-hydroxylation sites is 2. The lowest BCUT2D eigenvalue weighted by Crippen LogP contribution is -2.47. The molecule has 3 rings (SSSR count). The second kappa shape index (κ2) is 11.0. The molecule has 172 valence electrons. The summed E-state index contributed by atoms with van der Waals surface area (Å²) in [5.74, 6) is -0.0283. The van der Waals surface area contributed by atoms with Gasteiger partial charge in [-0.1, -0.05) is 23.8 Å². The first kappa shape index (κ1) is 23.6. The van der Waals surface area contributed by atoms with Crippen LogP contribution in [0.15, 0.2) is 42.5 Å². The maximum Gasteiger partial charge on any atom is 0.255 e. The smallest absolute Gasteiger partial charge is 0.255 e. The first-order valence-corrected chi connectivity index (χ1v) is 11.2. The van der Waals surface area contributed by atoms with E-state index in [0.29, 0.717) is 0 Å². The molecule has 7 heteroatoms. The number of nitrogens with zero attached hydrogens (tertiary/aromatic N) is 3. The van der Waals surface area contributed by atoms with Crippen LogP contribution in [0.5, 0.6) is 0 Å². The Bertz CT molecular complexity index is 936. The summed E-state index contributed by atoms with van der Waals surface area (Å²) >= 11 is 0. The van der Waals surface area contributed by atoms with Gasteiger partial charge in [-0.15, -0.1) is 0 Å². The van der Waals surface area contributed by atoms with Crippen LogP contribution in [-0.4, -0.2) is 75.0 Å². The Labute approximate surface area is 191 Å². The number of aryl methyl sites for hydroxylation is 1. The molecule has 0 atom stereocenters. The standard InChI is InChI=1S/C25H35N5O2/c1-19-10-11-22(21(18-19)25(32)28(3)4)26-12-7-13-29-14-16-30(17-15-29)24-9-6-5-8-23(24)27-20(2)31/h5-6,8-11,18,26H,7,12-17H2,1-4H3,(H,27,31). The molecule has 2 aromatic rings. The first-order valence-electron chi connectivity index (χ1n) is 11.2. The molecule has 1 heterocycles. The van der Waals surface area contributed by atoms with Crippen molar-refractivity contribution in [3.63, 3.8) is 0 Å². The summed E-state index contributed by atoms with van der Waals surface area (Å²) in [5.41, 5.74) is 4.66. The molecule has 2 amide bonds. The highest BCUT2D eigenvalue weighted by atomic mass is 16.2. The highest BCUT2D eigenvalue weighted by Gasteiger charge is 2.19. The fourth-order valence-corrected chi connectivity index (χ4v) is 4.01. The predicted molar refractivity (Wildman–Crippen MR) is 132 cm³/mol. The van der Waals surface area contributed by atoms with Crippen molar-refractivity contribution in [3.8, 4) is 0 Å². The van der Waals surface area contributed by atoms with Gasteiger partial charge in [0.1, 0.15) is 0 Å². The van der Waals surface area contributed by atoms with E-state index in [1.54, 1.807) is 25.9 Å². The summed E-state index contributed by atoms with van der Waals surface area (Å²) in [6.45, 7) is 9.22. The molecule has 1 saturated heterocycles. The molecule has 32 heavy (non-hydrogen) atoms. The van der Waals surface area contributed by atoms with E-state index in [9.17, 15) is 9.59 Å². The molecule has 0 spiro atoms. The zero-order chi connectivity index (χ0) is 23.1. The Hall–Kier alpha value is -3.06. The summed E-state index contributed by atoms with van der Waals surface area (Å²) in [6.07, 6.45) is 1.01. The molecule has 0 unspecified atom stereocenters. The zero-order valence-electron chi connectivity index (χ0n) is 19.6. The van der Waals surface area contributed by atoms with E-state index in [1.165, 1.54) is 0 Å². The molecule has 0 saturated carbocycles. The third-order valence-electron chi connectivity index (χ3n) is 5.71. The van der Waals surface area contributed by atoms with E-state index in [-0.39, 0.29) is 11.8 Å². The van der Waals surface area contributed by atoms with Gasteiger partial charge in [0.15, 0.2) is 0 Å². The molecule has 1 aliphatic rings. The second-order valence-electron chi connectivity index (χ2n) is 8.56. The van der Waals surface area contributed by atoms with Gasteiger partial charge in [-0.3, -0.25) is 14.5 Å². The second-order valence-corrected chi connectivity index (χ2v) is 8.56. The van der Waals surface area contributed by atoms with Crippen LogP contribution in [-0.2, 0) is 4.79 Å². The summed E-state index contributed by atoms with van der Waals surface area (Å²) < 4.78 is 0. The van der Waals surface area contributed by atoms with Crippen molar-refractivity contribution < 1.29 is 9.59 Å². The molecule has 2 N–H and O–H groups in total. The molecule has 1 aliphatic heterocycles. The van der Waals surface area contributed by atoms with E-state index in [1.807, 2.05) is 43.3 Å². The quantitative estimate of drug-likeness (QED) is 0.621. The van der Waals surface area contributed by atoms with Crippen LogP contribution in [0.2, 0.25) is 0 Å². The predicted octanol–water partition coefficient (Wildman–Crippen LogP) is 3.28. The fourth-order valence-electron chi connectivity index (χ4n) is 4.01. The van der Waals surface area contributed by atoms with Crippen LogP contribution in [0.1, 0.15) is 29.3 Å². The molecule has 2 aromatic carbocycles. The number of hydrogen-bond donors (Lipinski definition) is 2. The third kappa shape index (κ3) is 6.23. The number of anilines is 3. The molecule has 0 aromatic heterocycles. The van der Waals surface area contributed by atoms with Gasteiger partial charge < -0.3 is 20.4 Å². The van der Waals surface area contributed by atoms with Crippen LogP contribution < -0.4 is 15.5 Å². The molecule has 1 fully saturated rings. The summed E-state index contributed by atoms with van der Waals surface area (Å²) in [4.78, 5) is 30.4. The van der Waals surface area contributed by atoms with Gasteiger partial charge >= 0.3 is 0 Å². The van der Waals surface area contributed by atoms with Crippen molar-refractivity contribution in [2.75, 3.05) is 68.9 Å². The molecule has 0 bridgehead atoms. The lowest BCUT2D eigenvalue weighted by atomic mass is 10.1. The maximum atomic E-state index is 12.5. The van der Waals surface area contributed by atoms with Crippen LogP contribution in [0.3, 0.4) is 0 Å². The van der Waals surface area contributed by atoms with Crippen molar-refractivity contribution in [1.82, 2.24) is 9.80 Å². The third-order valence-corrected chi connectivity index (χ3v) is 5.71. The Balaban J connectivity index is 1.47. The van der Waals surface area contributed by atoms with Gasteiger partial charge in [0.25, 0.3) is 5.91 Å². The van der Waals surface area contributed by atoms with Crippen LogP contribution in [0.25, 0.3) is 0 Å². The van der Waals surface area contributed by atoms with Crippen LogP contribution in [0.4, 0.5) is 17.1 Å². The average molecular weight is 438 g/mol. The van der Waals surface area contributed by atoms with Gasteiger partial charge in [-0.05, 0) is 44.2 Å². The largest absolute Gasteiger partial charge is 0.384 e. The normalized spacial score (nSPS) is 14.2. The minimum absolute atomic E-state index is 0.0202. The highest BCUT2D eigenvalue weighted by Crippen LogP contribution is 2.26. The SMILES string of the molecule is CC(=O)Nc1ccccc1N1CCN(CCCNc2ccc(C)cc2C(=O)N(C)C)CC1. The lowest BCUT2D eigenvalue weighted by Gasteiger charge is -2.37. The number of piperazine rings is 1. The number of benzene rings is 2. The Morgan fingerprint density at radius 2 is 1.72 bits per heavy atom. The van der Waals surface area contributed by atoms with Crippen molar-refractivity contribution >= 4 is 28.9 Å². The zero-order valence-corrected chi connectivity index (χ0v) is 19.6. The number of hydrogen-bond acceptors (Lipinski definition) is 5. The maximum absolute atomic E-state index is 12.5. The van der Waals surface area contributed by atoms with E-state index in [0.717, 1.165) is 73.9 Å². The van der Waals surface area contributed by atoms with Gasteiger partial charge in [0.05, 0.1) is 16.9 Å². The monoisotopic (exact) mass is 437 g/mol. The summed E-state index contributed by atoms with van der Waals surface area (Å²) in [6, 6.07) is 14.0. The number of carbonyl (C=O) groups is 2. The fraction of sp³-hybridized carbons (Fsp3) is 0.440. The number of amides is 2. The average Bonchev–Trinajstić information content (AvgIpc) is 2.77. The Kier molecular flexibility index (Phi) is 8.11. The topological polar surface area (TPSA) is 67.9 Å². The van der Waals surface area contributed by atoms with E-state index >= 15 is 0 Å². The van der Waals surface area contributed by atoms with Gasteiger partial charge in [0, 0.05) is 59.4 Å². The van der Waals surface area contributed by atoms with Gasteiger partial charge in [-0.25, -0.2) is 0 Å². The van der Waals surface area contributed by atoms with Crippen LogP contribution >= 0.6 is 0 Å². The molecular formula is C25H35N5O2. The number of rotatable bonds is 8. The van der Waals surface area contributed by atoms with E-state index in [2.05, 4.69) is 26.5 Å². The Morgan fingerprint density at radius 1 is 1.00 bits per heavy atom. The molecule has 0 radical (unpaired) electrons. The minimum Gasteiger partial charge on any atom is -0.384 e. The van der Waals surface area contributed by atoms with Crippen molar-refractivity contribution in [2.45, 2.75) is 20.3 Å². The minimum atomic E-state index is -0.0485. The molecule has 7 nitrogen and oxygen atoms in total. The van der Waals surface area contributed by atoms with E-state index in [4.69, 9.17) is 0 Å². The summed E-state index contributed by atoms with van der Waals surface area (Å²) in [5, 5.41) is 6.38. The first-order chi connectivity index (χ1) is 15.3.